The zero-order chi connectivity index (χ0) is 9.90. The Morgan fingerprint density at radius 3 is 2.77 bits per heavy atom. The molecule has 0 spiro atoms. The molecule has 0 saturated heterocycles. The molecule has 1 heterocycles. The van der Waals surface area contributed by atoms with E-state index in [9.17, 15) is 4.79 Å². The summed E-state index contributed by atoms with van der Waals surface area (Å²) >= 11 is 1.67. The molecule has 0 radical (unpaired) electrons. The first-order valence-corrected chi connectivity index (χ1v) is 5.28. The molecule has 13 heavy (non-hydrogen) atoms. The van der Waals surface area contributed by atoms with Gasteiger partial charge in [-0.15, -0.1) is 11.3 Å². The van der Waals surface area contributed by atoms with Gasteiger partial charge in [0.1, 0.15) is 6.29 Å². The van der Waals surface area contributed by atoms with Gasteiger partial charge in [-0.25, -0.2) is 4.98 Å². The van der Waals surface area contributed by atoms with E-state index in [4.69, 9.17) is 0 Å². The van der Waals surface area contributed by atoms with E-state index in [0.717, 1.165) is 24.8 Å². The monoisotopic (exact) mass is 197 g/mol. The van der Waals surface area contributed by atoms with E-state index in [1.165, 1.54) is 4.88 Å². The predicted molar refractivity (Wildman–Crippen MR) is 55.0 cm³/mol. The Labute approximate surface area is 83.0 Å². The Balaban J connectivity index is 2.53. The third-order valence-corrected chi connectivity index (χ3v) is 3.16. The van der Waals surface area contributed by atoms with E-state index in [1.807, 2.05) is 26.3 Å². The van der Waals surface area contributed by atoms with Crippen molar-refractivity contribution in [3.63, 3.8) is 0 Å². The average Bonchev–Trinajstić information content (AvgIpc) is 2.48. The van der Waals surface area contributed by atoms with Crippen LogP contribution in [-0.4, -0.2) is 11.3 Å². The van der Waals surface area contributed by atoms with Crippen molar-refractivity contribution in [1.82, 2.24) is 4.98 Å². The first-order valence-electron chi connectivity index (χ1n) is 4.40. The molecule has 0 amide bonds. The SMILES string of the molecule is Cc1ncsc1CCC(C)(C)C=O. The van der Waals surface area contributed by atoms with Crippen molar-refractivity contribution in [1.29, 1.82) is 0 Å². The minimum Gasteiger partial charge on any atom is -0.303 e. The fourth-order valence-corrected chi connectivity index (χ4v) is 1.84. The van der Waals surface area contributed by atoms with E-state index in [2.05, 4.69) is 4.98 Å². The zero-order valence-corrected chi connectivity index (χ0v) is 9.15. The van der Waals surface area contributed by atoms with Crippen molar-refractivity contribution < 1.29 is 4.79 Å². The van der Waals surface area contributed by atoms with Crippen LogP contribution in [0.25, 0.3) is 0 Å². The molecular weight excluding hydrogens is 182 g/mol. The van der Waals surface area contributed by atoms with E-state index in [1.54, 1.807) is 11.3 Å². The number of aldehydes is 1. The van der Waals surface area contributed by atoms with Crippen LogP contribution in [0.15, 0.2) is 5.51 Å². The Hall–Kier alpha value is -0.700. The van der Waals surface area contributed by atoms with Crippen LogP contribution in [0.2, 0.25) is 0 Å². The number of hydrogen-bond donors (Lipinski definition) is 0. The van der Waals surface area contributed by atoms with E-state index in [0.29, 0.717) is 0 Å². The molecule has 0 atom stereocenters. The van der Waals surface area contributed by atoms with E-state index in [-0.39, 0.29) is 5.41 Å². The van der Waals surface area contributed by atoms with Crippen LogP contribution in [-0.2, 0) is 11.2 Å². The lowest BCUT2D eigenvalue weighted by Crippen LogP contribution is -2.13. The van der Waals surface area contributed by atoms with Gasteiger partial charge in [0.05, 0.1) is 11.2 Å². The highest BCUT2D eigenvalue weighted by Crippen LogP contribution is 2.23. The summed E-state index contributed by atoms with van der Waals surface area (Å²) in [5.41, 5.74) is 2.77. The van der Waals surface area contributed by atoms with Crippen molar-refractivity contribution in [2.24, 2.45) is 5.41 Å². The van der Waals surface area contributed by atoms with Gasteiger partial charge >= 0.3 is 0 Å². The molecule has 1 aromatic heterocycles. The van der Waals surface area contributed by atoms with Gasteiger partial charge in [0.25, 0.3) is 0 Å². The molecule has 2 nitrogen and oxygen atoms in total. The Morgan fingerprint density at radius 2 is 2.31 bits per heavy atom. The van der Waals surface area contributed by atoms with Crippen molar-refractivity contribution in [2.45, 2.75) is 33.6 Å². The molecule has 0 saturated carbocycles. The standard InChI is InChI=1S/C10H15NOS/c1-8-9(13-7-11-8)4-5-10(2,3)6-12/h6-7H,4-5H2,1-3H3. The Morgan fingerprint density at radius 1 is 1.62 bits per heavy atom. The van der Waals surface area contributed by atoms with Crippen LogP contribution in [0.3, 0.4) is 0 Å². The van der Waals surface area contributed by atoms with Gasteiger partial charge in [-0.1, -0.05) is 13.8 Å². The minimum absolute atomic E-state index is 0.198. The largest absolute Gasteiger partial charge is 0.303 e. The predicted octanol–water partition coefficient (Wildman–Crippen LogP) is 2.61. The summed E-state index contributed by atoms with van der Waals surface area (Å²) in [7, 11) is 0. The second-order valence-electron chi connectivity index (χ2n) is 3.97. The molecule has 0 N–H and O–H groups in total. The number of carbonyl (C=O) groups excluding carboxylic acids is 1. The quantitative estimate of drug-likeness (QED) is 0.694. The summed E-state index contributed by atoms with van der Waals surface area (Å²) in [6, 6.07) is 0. The van der Waals surface area contributed by atoms with Gasteiger partial charge in [0.15, 0.2) is 0 Å². The van der Waals surface area contributed by atoms with Gasteiger partial charge in [-0.05, 0) is 19.8 Å². The maximum absolute atomic E-state index is 10.7. The van der Waals surface area contributed by atoms with Crippen LogP contribution in [0.5, 0.6) is 0 Å². The van der Waals surface area contributed by atoms with Gasteiger partial charge in [0.2, 0.25) is 0 Å². The number of aryl methyl sites for hydroxylation is 2. The number of aromatic nitrogens is 1. The second kappa shape index (κ2) is 4.01. The van der Waals surface area contributed by atoms with Crippen LogP contribution in [0.4, 0.5) is 0 Å². The van der Waals surface area contributed by atoms with Crippen LogP contribution in [0, 0.1) is 12.3 Å². The Kier molecular flexibility index (Phi) is 3.20. The van der Waals surface area contributed by atoms with Crippen LogP contribution in [0.1, 0.15) is 30.8 Å². The molecule has 0 bridgehead atoms. The van der Waals surface area contributed by atoms with Crippen LogP contribution < -0.4 is 0 Å². The van der Waals surface area contributed by atoms with Crippen LogP contribution >= 0.6 is 11.3 Å². The zero-order valence-electron chi connectivity index (χ0n) is 8.33. The fourth-order valence-electron chi connectivity index (χ4n) is 1.06. The van der Waals surface area contributed by atoms with Crippen molar-refractivity contribution in [3.8, 4) is 0 Å². The number of nitrogens with zero attached hydrogens (tertiary/aromatic N) is 1. The third kappa shape index (κ3) is 2.92. The minimum atomic E-state index is -0.198. The molecule has 0 fully saturated rings. The summed E-state index contributed by atoms with van der Waals surface area (Å²) in [5.74, 6) is 0. The highest BCUT2D eigenvalue weighted by Gasteiger charge is 2.16. The number of rotatable bonds is 4. The highest BCUT2D eigenvalue weighted by atomic mass is 32.1. The van der Waals surface area contributed by atoms with Gasteiger partial charge < -0.3 is 4.79 Å². The molecule has 0 aliphatic carbocycles. The second-order valence-corrected chi connectivity index (χ2v) is 4.91. The first kappa shape index (κ1) is 10.4. The average molecular weight is 197 g/mol. The van der Waals surface area contributed by atoms with Gasteiger partial charge in [-0.2, -0.15) is 0 Å². The highest BCUT2D eigenvalue weighted by molar-refractivity contribution is 7.09. The molecule has 1 rings (SSSR count). The smallest absolute Gasteiger partial charge is 0.125 e. The summed E-state index contributed by atoms with van der Waals surface area (Å²) < 4.78 is 0. The molecule has 72 valence electrons. The third-order valence-electron chi connectivity index (χ3n) is 2.16. The van der Waals surface area contributed by atoms with Crippen molar-refractivity contribution in [3.05, 3.63) is 16.1 Å². The van der Waals surface area contributed by atoms with E-state index < -0.39 is 0 Å². The molecule has 0 aliphatic heterocycles. The summed E-state index contributed by atoms with van der Waals surface area (Å²) in [4.78, 5) is 16.1. The van der Waals surface area contributed by atoms with Crippen molar-refractivity contribution >= 4 is 17.6 Å². The molecule has 1 aromatic rings. The van der Waals surface area contributed by atoms with E-state index >= 15 is 0 Å². The number of thiazole rings is 1. The van der Waals surface area contributed by atoms with Crippen molar-refractivity contribution in [2.75, 3.05) is 0 Å². The summed E-state index contributed by atoms with van der Waals surface area (Å²) in [6.45, 7) is 5.95. The van der Waals surface area contributed by atoms with Gasteiger partial charge in [0, 0.05) is 10.3 Å². The molecule has 0 unspecified atom stereocenters. The maximum Gasteiger partial charge on any atom is 0.125 e. The Bertz CT molecular complexity index is 291. The molecule has 0 aromatic carbocycles. The van der Waals surface area contributed by atoms with Gasteiger partial charge in [-0.3, -0.25) is 0 Å². The molecule has 0 aliphatic rings. The summed E-state index contributed by atoms with van der Waals surface area (Å²) in [6.07, 6.45) is 2.89. The lowest BCUT2D eigenvalue weighted by atomic mass is 9.89. The fraction of sp³-hybridized carbons (Fsp3) is 0.600. The lowest BCUT2D eigenvalue weighted by molar-refractivity contribution is -0.114. The normalized spacial score (nSPS) is 11.6. The molecule has 3 heteroatoms. The topological polar surface area (TPSA) is 30.0 Å². The number of carbonyl (C=O) groups is 1. The maximum atomic E-state index is 10.7. The first-order chi connectivity index (χ1) is 6.05. The molecular formula is C10H15NOS. The summed E-state index contributed by atoms with van der Waals surface area (Å²) in [5, 5.41) is 0. The lowest BCUT2D eigenvalue weighted by Gasteiger charge is -2.15. The number of hydrogen-bond acceptors (Lipinski definition) is 3.